The molecule has 2 aromatic rings. The number of carbonyl (C=O) groups is 1. The number of rotatable bonds is 4. The molecular formula is C13H14N4OS. The SMILES string of the molecule is NC(=O)c1cccc(N)c1Nc1nc(C2CC2)cs1. The number of nitrogen functional groups attached to an aromatic ring is 1. The zero-order chi connectivity index (χ0) is 13.4. The maximum absolute atomic E-state index is 11.4. The number of thiazole rings is 1. The van der Waals surface area contributed by atoms with E-state index in [4.69, 9.17) is 11.5 Å². The van der Waals surface area contributed by atoms with E-state index in [1.807, 2.05) is 5.38 Å². The van der Waals surface area contributed by atoms with Crippen molar-refractivity contribution in [2.24, 2.45) is 5.73 Å². The molecule has 5 N–H and O–H groups in total. The van der Waals surface area contributed by atoms with Gasteiger partial charge in [0, 0.05) is 11.3 Å². The number of carbonyl (C=O) groups excluding carboxylic acids is 1. The first-order valence-corrected chi connectivity index (χ1v) is 6.94. The number of amides is 1. The van der Waals surface area contributed by atoms with E-state index in [2.05, 4.69) is 10.3 Å². The third-order valence-corrected chi connectivity index (χ3v) is 3.89. The minimum Gasteiger partial charge on any atom is -0.397 e. The topological polar surface area (TPSA) is 94.0 Å². The maximum Gasteiger partial charge on any atom is 0.250 e. The molecule has 1 saturated carbocycles. The van der Waals surface area contributed by atoms with Gasteiger partial charge in [0.1, 0.15) is 0 Å². The Morgan fingerprint density at radius 3 is 2.89 bits per heavy atom. The molecule has 0 unspecified atom stereocenters. The summed E-state index contributed by atoms with van der Waals surface area (Å²) in [5, 5.41) is 5.89. The van der Waals surface area contributed by atoms with Crippen molar-refractivity contribution >= 4 is 33.8 Å². The van der Waals surface area contributed by atoms with Crippen LogP contribution < -0.4 is 16.8 Å². The molecule has 0 saturated heterocycles. The zero-order valence-corrected chi connectivity index (χ0v) is 11.0. The second kappa shape index (κ2) is 4.55. The number of hydrogen-bond donors (Lipinski definition) is 3. The molecule has 1 heterocycles. The van der Waals surface area contributed by atoms with Gasteiger partial charge in [0.2, 0.25) is 0 Å². The highest BCUT2D eigenvalue weighted by Gasteiger charge is 2.26. The summed E-state index contributed by atoms with van der Waals surface area (Å²) in [6.45, 7) is 0. The molecule has 6 heteroatoms. The van der Waals surface area contributed by atoms with Crippen LogP contribution in [0.1, 0.15) is 34.8 Å². The molecule has 0 radical (unpaired) electrons. The first kappa shape index (κ1) is 12.0. The van der Waals surface area contributed by atoms with Crippen molar-refractivity contribution < 1.29 is 4.79 Å². The zero-order valence-electron chi connectivity index (χ0n) is 10.2. The Bertz CT molecular complexity index is 633. The monoisotopic (exact) mass is 274 g/mol. The fraction of sp³-hybridized carbons (Fsp3) is 0.231. The van der Waals surface area contributed by atoms with E-state index >= 15 is 0 Å². The standard InChI is InChI=1S/C13H14N4OS/c14-9-3-1-2-8(12(15)18)11(9)17-13-16-10(6-19-13)7-4-5-7/h1-3,6-7H,4-5,14H2,(H2,15,18)(H,16,17). The second-order valence-electron chi connectivity index (χ2n) is 4.61. The number of anilines is 3. The quantitative estimate of drug-likeness (QED) is 0.746. The number of nitrogens with one attached hydrogen (secondary N) is 1. The van der Waals surface area contributed by atoms with E-state index in [1.165, 1.54) is 24.2 Å². The lowest BCUT2D eigenvalue weighted by Crippen LogP contribution is -2.14. The first-order chi connectivity index (χ1) is 9.15. The highest BCUT2D eigenvalue weighted by Crippen LogP contribution is 2.41. The van der Waals surface area contributed by atoms with Gasteiger partial charge in [0.25, 0.3) is 5.91 Å². The Balaban J connectivity index is 1.90. The summed E-state index contributed by atoms with van der Waals surface area (Å²) in [6.07, 6.45) is 2.42. The van der Waals surface area contributed by atoms with Gasteiger partial charge in [-0.2, -0.15) is 0 Å². The van der Waals surface area contributed by atoms with Crippen molar-refractivity contribution in [2.75, 3.05) is 11.1 Å². The molecule has 1 fully saturated rings. The molecule has 0 aliphatic heterocycles. The van der Waals surface area contributed by atoms with E-state index in [9.17, 15) is 4.79 Å². The van der Waals surface area contributed by atoms with Crippen LogP contribution in [0.4, 0.5) is 16.5 Å². The van der Waals surface area contributed by atoms with Crippen LogP contribution in [0.15, 0.2) is 23.6 Å². The fourth-order valence-electron chi connectivity index (χ4n) is 1.93. The summed E-state index contributed by atoms with van der Waals surface area (Å²) in [5.41, 5.74) is 13.8. The van der Waals surface area contributed by atoms with Crippen molar-refractivity contribution in [1.82, 2.24) is 4.98 Å². The molecule has 5 nitrogen and oxygen atoms in total. The summed E-state index contributed by atoms with van der Waals surface area (Å²) in [4.78, 5) is 15.9. The van der Waals surface area contributed by atoms with Crippen LogP contribution >= 0.6 is 11.3 Å². The van der Waals surface area contributed by atoms with Crippen LogP contribution in [0, 0.1) is 0 Å². The molecule has 98 valence electrons. The van der Waals surface area contributed by atoms with E-state index in [0.29, 0.717) is 22.9 Å². The molecule has 0 bridgehead atoms. The minimum absolute atomic E-state index is 0.378. The van der Waals surface area contributed by atoms with Crippen LogP contribution in [-0.4, -0.2) is 10.9 Å². The van der Waals surface area contributed by atoms with Gasteiger partial charge in [-0.15, -0.1) is 11.3 Å². The predicted molar refractivity (Wildman–Crippen MR) is 76.7 cm³/mol. The Kier molecular flexibility index (Phi) is 2.87. The van der Waals surface area contributed by atoms with Crippen molar-refractivity contribution in [1.29, 1.82) is 0 Å². The first-order valence-electron chi connectivity index (χ1n) is 6.06. The van der Waals surface area contributed by atoms with E-state index < -0.39 is 5.91 Å². The van der Waals surface area contributed by atoms with Gasteiger partial charge in [0.05, 0.1) is 22.6 Å². The number of para-hydroxylation sites is 1. The Hall–Kier alpha value is -2.08. The maximum atomic E-state index is 11.4. The van der Waals surface area contributed by atoms with Crippen LogP contribution in [0.3, 0.4) is 0 Å². The van der Waals surface area contributed by atoms with Gasteiger partial charge in [-0.05, 0) is 25.0 Å². The summed E-state index contributed by atoms with van der Waals surface area (Å²) in [5.74, 6) is 0.101. The highest BCUT2D eigenvalue weighted by molar-refractivity contribution is 7.13. The minimum atomic E-state index is -0.506. The predicted octanol–water partition coefficient (Wildman–Crippen LogP) is 2.45. The molecule has 0 spiro atoms. The average Bonchev–Trinajstić information content (AvgIpc) is 3.12. The average molecular weight is 274 g/mol. The molecule has 1 aromatic carbocycles. The third-order valence-electron chi connectivity index (χ3n) is 3.11. The lowest BCUT2D eigenvalue weighted by molar-refractivity contribution is 0.100. The molecule has 0 atom stereocenters. The van der Waals surface area contributed by atoms with Crippen LogP contribution in [0.25, 0.3) is 0 Å². The molecule has 1 aromatic heterocycles. The number of primary amides is 1. The van der Waals surface area contributed by atoms with Crippen molar-refractivity contribution in [3.05, 3.63) is 34.8 Å². The van der Waals surface area contributed by atoms with Gasteiger partial charge in [-0.3, -0.25) is 4.79 Å². The lowest BCUT2D eigenvalue weighted by Gasteiger charge is -2.10. The van der Waals surface area contributed by atoms with E-state index in [0.717, 1.165) is 10.8 Å². The summed E-state index contributed by atoms with van der Waals surface area (Å²) in [7, 11) is 0. The Morgan fingerprint density at radius 1 is 1.42 bits per heavy atom. The number of nitrogens with two attached hydrogens (primary N) is 2. The lowest BCUT2D eigenvalue weighted by atomic mass is 10.1. The third kappa shape index (κ3) is 2.39. The molecule has 1 amide bonds. The summed E-state index contributed by atoms with van der Waals surface area (Å²) in [6, 6.07) is 5.08. The largest absolute Gasteiger partial charge is 0.397 e. The highest BCUT2D eigenvalue weighted by atomic mass is 32.1. The summed E-state index contributed by atoms with van der Waals surface area (Å²) >= 11 is 1.51. The van der Waals surface area contributed by atoms with Crippen molar-refractivity contribution in [3.8, 4) is 0 Å². The van der Waals surface area contributed by atoms with Crippen molar-refractivity contribution in [2.45, 2.75) is 18.8 Å². The molecule has 1 aliphatic carbocycles. The van der Waals surface area contributed by atoms with Gasteiger partial charge >= 0.3 is 0 Å². The molecule has 3 rings (SSSR count). The molecular weight excluding hydrogens is 260 g/mol. The Morgan fingerprint density at radius 2 is 2.21 bits per heavy atom. The van der Waals surface area contributed by atoms with Gasteiger partial charge in [-0.25, -0.2) is 4.98 Å². The Labute approximate surface area is 114 Å². The normalized spacial score (nSPS) is 14.3. The number of aromatic nitrogens is 1. The van der Waals surface area contributed by atoms with Crippen LogP contribution in [0.5, 0.6) is 0 Å². The number of hydrogen-bond acceptors (Lipinski definition) is 5. The van der Waals surface area contributed by atoms with Gasteiger partial charge in [0.15, 0.2) is 5.13 Å². The second-order valence-corrected chi connectivity index (χ2v) is 5.47. The van der Waals surface area contributed by atoms with Gasteiger partial charge in [-0.1, -0.05) is 6.07 Å². The summed E-state index contributed by atoms with van der Waals surface area (Å²) < 4.78 is 0. The fourth-order valence-corrected chi connectivity index (χ4v) is 2.73. The van der Waals surface area contributed by atoms with E-state index in [-0.39, 0.29) is 0 Å². The smallest absolute Gasteiger partial charge is 0.250 e. The van der Waals surface area contributed by atoms with E-state index in [1.54, 1.807) is 18.2 Å². The van der Waals surface area contributed by atoms with Crippen LogP contribution in [0.2, 0.25) is 0 Å². The number of benzene rings is 1. The van der Waals surface area contributed by atoms with Crippen LogP contribution in [-0.2, 0) is 0 Å². The van der Waals surface area contributed by atoms with Crippen molar-refractivity contribution in [3.63, 3.8) is 0 Å². The number of nitrogens with zero attached hydrogens (tertiary/aromatic N) is 1. The molecule has 19 heavy (non-hydrogen) atoms. The van der Waals surface area contributed by atoms with Gasteiger partial charge < -0.3 is 16.8 Å². The molecule has 1 aliphatic rings.